The lowest BCUT2D eigenvalue weighted by atomic mass is 10.2. The Morgan fingerprint density at radius 3 is 2.80 bits per heavy atom. The van der Waals surface area contributed by atoms with Gasteiger partial charge in [-0.05, 0) is 32.8 Å². The van der Waals surface area contributed by atoms with Crippen molar-refractivity contribution < 1.29 is 13.2 Å². The molecule has 0 spiro atoms. The Balaban J connectivity index is 2.01. The number of hydrogen-bond donors (Lipinski definition) is 0. The Kier molecular flexibility index (Phi) is 4.47. The minimum atomic E-state index is -3.33. The Hall–Kier alpha value is -1.37. The van der Waals surface area contributed by atoms with Crippen LogP contribution >= 0.6 is 0 Å². The molecule has 0 saturated carbocycles. The number of amides is 1. The third-order valence-corrected chi connectivity index (χ3v) is 5.78. The fourth-order valence-electron chi connectivity index (χ4n) is 2.40. The predicted octanol–water partition coefficient (Wildman–Crippen LogP) is 0.697. The summed E-state index contributed by atoms with van der Waals surface area (Å²) in [6.07, 6.45) is 5.36. The van der Waals surface area contributed by atoms with Crippen LogP contribution in [0.1, 0.15) is 26.7 Å². The largest absolute Gasteiger partial charge is 0.337 e. The van der Waals surface area contributed by atoms with Gasteiger partial charge in [-0.25, -0.2) is 8.42 Å². The molecule has 0 aromatic carbocycles. The van der Waals surface area contributed by atoms with E-state index in [1.165, 1.54) is 0 Å². The number of carbonyl (C=O) groups excluding carboxylic acids is 1. The fraction of sp³-hybridized carbons (Fsp3) is 0.692. The van der Waals surface area contributed by atoms with Crippen LogP contribution in [0.2, 0.25) is 0 Å². The lowest BCUT2D eigenvalue weighted by molar-refractivity contribution is -0.129. The molecule has 2 rings (SSSR count). The summed E-state index contributed by atoms with van der Waals surface area (Å²) in [6, 6.07) is 1.88. The topological polar surface area (TPSA) is 72.3 Å². The summed E-state index contributed by atoms with van der Waals surface area (Å²) in [5.41, 5.74) is 0. The number of nitrogens with zero attached hydrogens (tertiary/aromatic N) is 3. The van der Waals surface area contributed by atoms with Gasteiger partial charge in [-0.3, -0.25) is 9.48 Å². The van der Waals surface area contributed by atoms with Crippen molar-refractivity contribution in [3.63, 3.8) is 0 Å². The van der Waals surface area contributed by atoms with Crippen LogP contribution in [0.25, 0.3) is 0 Å². The van der Waals surface area contributed by atoms with Crippen molar-refractivity contribution in [3.05, 3.63) is 18.5 Å². The molecule has 2 heterocycles. The molecule has 1 aromatic rings. The first-order valence-electron chi connectivity index (χ1n) is 6.88. The lowest BCUT2D eigenvalue weighted by Gasteiger charge is -2.25. The van der Waals surface area contributed by atoms with Crippen molar-refractivity contribution in [2.45, 2.75) is 44.5 Å². The normalized spacial score (nSPS) is 19.8. The van der Waals surface area contributed by atoms with E-state index < -0.39 is 15.1 Å². The molecule has 6 nitrogen and oxygen atoms in total. The molecular formula is C13H21N3O3S. The van der Waals surface area contributed by atoms with Crippen molar-refractivity contribution in [2.75, 3.05) is 12.3 Å². The van der Waals surface area contributed by atoms with E-state index in [1.807, 2.05) is 12.3 Å². The highest BCUT2D eigenvalue weighted by Gasteiger charge is 2.32. The van der Waals surface area contributed by atoms with Gasteiger partial charge in [-0.1, -0.05) is 0 Å². The number of carbonyl (C=O) groups is 1. The molecule has 0 radical (unpaired) electrons. The SMILES string of the molecule is CC(C)S(=O)(=O)CC(=O)N1CCC[C@H]1Cn1cccn1. The van der Waals surface area contributed by atoms with Gasteiger partial charge in [0.2, 0.25) is 5.91 Å². The predicted molar refractivity (Wildman–Crippen MR) is 75.9 cm³/mol. The van der Waals surface area contributed by atoms with Gasteiger partial charge in [0.25, 0.3) is 0 Å². The molecule has 0 aliphatic carbocycles. The van der Waals surface area contributed by atoms with E-state index >= 15 is 0 Å². The maximum atomic E-state index is 12.2. The molecule has 20 heavy (non-hydrogen) atoms. The minimum absolute atomic E-state index is 0.0461. The van der Waals surface area contributed by atoms with Crippen LogP contribution in [0.5, 0.6) is 0 Å². The van der Waals surface area contributed by atoms with Crippen LogP contribution in [0.15, 0.2) is 18.5 Å². The van der Waals surface area contributed by atoms with E-state index in [9.17, 15) is 13.2 Å². The molecule has 0 N–H and O–H groups in total. The quantitative estimate of drug-likeness (QED) is 0.802. The van der Waals surface area contributed by atoms with Gasteiger partial charge in [-0.2, -0.15) is 5.10 Å². The fourth-order valence-corrected chi connectivity index (χ4v) is 3.24. The highest BCUT2D eigenvalue weighted by molar-refractivity contribution is 7.92. The van der Waals surface area contributed by atoms with E-state index in [0.29, 0.717) is 13.1 Å². The van der Waals surface area contributed by atoms with E-state index in [4.69, 9.17) is 0 Å². The zero-order valence-corrected chi connectivity index (χ0v) is 12.7. The number of hydrogen-bond acceptors (Lipinski definition) is 4. The molecule has 1 atom stereocenters. The van der Waals surface area contributed by atoms with Gasteiger partial charge in [-0.15, -0.1) is 0 Å². The summed E-state index contributed by atoms with van der Waals surface area (Å²) in [7, 11) is -3.33. The molecule has 1 aliphatic heterocycles. The summed E-state index contributed by atoms with van der Waals surface area (Å²) in [5, 5.41) is 3.62. The van der Waals surface area contributed by atoms with Crippen molar-refractivity contribution in [1.82, 2.24) is 14.7 Å². The maximum Gasteiger partial charge on any atom is 0.238 e. The Morgan fingerprint density at radius 2 is 2.20 bits per heavy atom. The van der Waals surface area contributed by atoms with E-state index in [0.717, 1.165) is 12.8 Å². The van der Waals surface area contributed by atoms with Gasteiger partial charge in [0.1, 0.15) is 5.75 Å². The molecule has 0 unspecified atom stereocenters. The molecule has 1 amide bonds. The standard InChI is InChI=1S/C13H21N3O3S/c1-11(2)20(18,19)10-13(17)16-8-3-5-12(16)9-15-7-4-6-14-15/h4,6-7,11-12H,3,5,8-10H2,1-2H3/t12-/m0/s1. The van der Waals surface area contributed by atoms with Gasteiger partial charge < -0.3 is 4.90 Å². The highest BCUT2D eigenvalue weighted by atomic mass is 32.2. The highest BCUT2D eigenvalue weighted by Crippen LogP contribution is 2.19. The molecular weight excluding hydrogens is 278 g/mol. The van der Waals surface area contributed by atoms with Crippen LogP contribution in [-0.2, 0) is 21.2 Å². The van der Waals surface area contributed by atoms with Gasteiger partial charge in [0, 0.05) is 18.9 Å². The minimum Gasteiger partial charge on any atom is -0.337 e. The monoisotopic (exact) mass is 299 g/mol. The number of rotatable bonds is 5. The first-order valence-corrected chi connectivity index (χ1v) is 8.60. The van der Waals surface area contributed by atoms with Crippen molar-refractivity contribution in [1.29, 1.82) is 0 Å². The summed E-state index contributed by atoms with van der Waals surface area (Å²) < 4.78 is 25.5. The van der Waals surface area contributed by atoms with Crippen molar-refractivity contribution in [3.8, 4) is 0 Å². The Labute approximate surface area is 119 Å². The van der Waals surface area contributed by atoms with Crippen LogP contribution in [0, 0.1) is 0 Å². The number of sulfone groups is 1. The first kappa shape index (κ1) is 15.0. The Morgan fingerprint density at radius 1 is 1.45 bits per heavy atom. The van der Waals surface area contributed by atoms with Gasteiger partial charge in [0.15, 0.2) is 9.84 Å². The third-order valence-electron chi connectivity index (χ3n) is 3.70. The van der Waals surface area contributed by atoms with E-state index in [-0.39, 0.29) is 17.7 Å². The second-order valence-electron chi connectivity index (χ2n) is 5.47. The first-order chi connectivity index (χ1) is 9.40. The second-order valence-corrected chi connectivity index (χ2v) is 8.02. The van der Waals surface area contributed by atoms with Crippen LogP contribution in [0.3, 0.4) is 0 Å². The lowest BCUT2D eigenvalue weighted by Crippen LogP contribution is -2.42. The summed E-state index contributed by atoms with van der Waals surface area (Å²) in [4.78, 5) is 13.9. The Bertz CT molecular complexity index is 551. The smallest absolute Gasteiger partial charge is 0.238 e. The maximum absolute atomic E-state index is 12.2. The van der Waals surface area contributed by atoms with Crippen LogP contribution in [0.4, 0.5) is 0 Å². The van der Waals surface area contributed by atoms with Crippen molar-refractivity contribution >= 4 is 15.7 Å². The summed E-state index contributed by atoms with van der Waals surface area (Å²) in [6.45, 7) is 4.47. The molecule has 7 heteroatoms. The van der Waals surface area contributed by atoms with Crippen molar-refractivity contribution in [2.24, 2.45) is 0 Å². The molecule has 0 bridgehead atoms. The number of aromatic nitrogens is 2. The summed E-state index contributed by atoms with van der Waals surface area (Å²) in [5.74, 6) is -0.673. The molecule has 112 valence electrons. The molecule has 1 saturated heterocycles. The van der Waals surface area contributed by atoms with Crippen LogP contribution in [-0.4, -0.2) is 52.6 Å². The zero-order chi connectivity index (χ0) is 14.8. The zero-order valence-electron chi connectivity index (χ0n) is 11.9. The third kappa shape index (κ3) is 3.39. The second kappa shape index (κ2) is 5.95. The average Bonchev–Trinajstić information content (AvgIpc) is 3.00. The molecule has 1 aliphatic rings. The van der Waals surface area contributed by atoms with Gasteiger partial charge >= 0.3 is 0 Å². The molecule has 1 aromatic heterocycles. The van der Waals surface area contributed by atoms with Crippen LogP contribution < -0.4 is 0 Å². The number of likely N-dealkylation sites (tertiary alicyclic amines) is 1. The summed E-state index contributed by atoms with van der Waals surface area (Å²) >= 11 is 0. The van der Waals surface area contributed by atoms with E-state index in [2.05, 4.69) is 5.10 Å². The van der Waals surface area contributed by atoms with Gasteiger partial charge in [0.05, 0.1) is 17.8 Å². The molecule has 1 fully saturated rings. The average molecular weight is 299 g/mol. The van der Waals surface area contributed by atoms with E-state index in [1.54, 1.807) is 29.6 Å².